The van der Waals surface area contributed by atoms with Crippen LogP contribution in [0, 0.1) is 0 Å². The first kappa shape index (κ1) is 33.2. The van der Waals surface area contributed by atoms with Gasteiger partial charge in [-0.25, -0.2) is 13.2 Å². The minimum atomic E-state index is -2.94. The number of aryl methyl sites for hydroxylation is 1. The third-order valence-corrected chi connectivity index (χ3v) is 9.76. The van der Waals surface area contributed by atoms with Crippen LogP contribution in [-0.4, -0.2) is 84.0 Å². The van der Waals surface area contributed by atoms with Gasteiger partial charge in [-0.05, 0) is 67.9 Å². The van der Waals surface area contributed by atoms with E-state index in [1.54, 1.807) is 12.1 Å². The van der Waals surface area contributed by atoms with E-state index in [2.05, 4.69) is 21.3 Å². The second-order valence-electron chi connectivity index (χ2n) is 11.5. The summed E-state index contributed by atoms with van der Waals surface area (Å²) >= 11 is 6.18. The first-order valence-corrected chi connectivity index (χ1v) is 17.2. The van der Waals surface area contributed by atoms with Crippen LogP contribution in [0.5, 0.6) is 0 Å². The third kappa shape index (κ3) is 9.39. The Hall–Kier alpha value is -2.70. The number of hydrogen-bond acceptors (Lipinski definition) is 8. The van der Waals surface area contributed by atoms with E-state index in [-0.39, 0.29) is 23.7 Å². The molecule has 0 radical (unpaired) electrons. The van der Waals surface area contributed by atoms with Gasteiger partial charge in [-0.1, -0.05) is 41.9 Å². The molecule has 2 fully saturated rings. The first-order valence-electron chi connectivity index (χ1n) is 14.8. The first-order chi connectivity index (χ1) is 20.6. The zero-order chi connectivity index (χ0) is 30.9. The van der Waals surface area contributed by atoms with Gasteiger partial charge in [0.1, 0.15) is 15.9 Å². The average molecular weight is 635 g/mol. The van der Waals surface area contributed by atoms with Gasteiger partial charge in [-0.3, -0.25) is 4.79 Å². The smallest absolute Gasteiger partial charge is 0.407 e. The van der Waals surface area contributed by atoms with E-state index in [4.69, 9.17) is 21.1 Å². The molecule has 2 aromatic rings. The van der Waals surface area contributed by atoms with Crippen LogP contribution < -0.4 is 21.3 Å². The third-order valence-electron chi connectivity index (χ3n) is 8.48. The molecule has 0 aromatic heterocycles. The van der Waals surface area contributed by atoms with Crippen molar-refractivity contribution in [2.45, 2.75) is 62.1 Å². The number of methoxy groups -OCH3 is 1. The number of alkyl carbamates (subject to hydrolysis) is 1. The lowest BCUT2D eigenvalue weighted by Crippen LogP contribution is -2.58. The molecule has 4 rings (SSSR count). The van der Waals surface area contributed by atoms with Crippen molar-refractivity contribution in [3.63, 3.8) is 0 Å². The number of rotatable bonds is 12. The molecule has 2 aromatic carbocycles. The van der Waals surface area contributed by atoms with E-state index in [0.29, 0.717) is 43.2 Å². The topological polar surface area (TPSA) is 135 Å². The Labute approximate surface area is 259 Å². The predicted molar refractivity (Wildman–Crippen MR) is 168 cm³/mol. The summed E-state index contributed by atoms with van der Waals surface area (Å²) in [6.07, 6.45) is 4.71. The van der Waals surface area contributed by atoms with Gasteiger partial charge in [0.15, 0.2) is 0 Å². The summed E-state index contributed by atoms with van der Waals surface area (Å²) < 4.78 is 33.4. The normalized spacial score (nSPS) is 21.0. The van der Waals surface area contributed by atoms with Crippen molar-refractivity contribution in [2.24, 2.45) is 0 Å². The van der Waals surface area contributed by atoms with Crippen LogP contribution in [0.2, 0.25) is 5.02 Å². The number of piperazine rings is 1. The summed E-state index contributed by atoms with van der Waals surface area (Å²) in [6.45, 7) is 2.47. The Kier molecular flexibility index (Phi) is 11.8. The predicted octanol–water partition coefficient (Wildman–Crippen LogP) is 3.44. The number of hydrogen-bond donors (Lipinski definition) is 4. The van der Waals surface area contributed by atoms with Crippen molar-refractivity contribution in [2.75, 3.05) is 50.7 Å². The van der Waals surface area contributed by atoms with Crippen LogP contribution in [0.15, 0.2) is 48.5 Å². The minimum absolute atomic E-state index is 0.210. The highest BCUT2D eigenvalue weighted by atomic mass is 35.5. The van der Waals surface area contributed by atoms with E-state index in [1.165, 1.54) is 13.4 Å². The lowest BCUT2D eigenvalue weighted by molar-refractivity contribution is -0.121. The van der Waals surface area contributed by atoms with E-state index in [0.717, 1.165) is 43.5 Å². The van der Waals surface area contributed by atoms with Crippen molar-refractivity contribution in [3.8, 4) is 0 Å². The number of sulfone groups is 1. The summed E-state index contributed by atoms with van der Waals surface area (Å²) in [6, 6.07) is 14.7. The molecule has 2 aliphatic rings. The summed E-state index contributed by atoms with van der Waals surface area (Å²) in [5.41, 5.74) is 1.88. The molecule has 4 N–H and O–H groups in total. The minimum Gasteiger partial charge on any atom is -0.453 e. The summed E-state index contributed by atoms with van der Waals surface area (Å²) in [7, 11) is -1.66. The highest BCUT2D eigenvalue weighted by molar-refractivity contribution is 7.90. The Morgan fingerprint density at radius 3 is 2.33 bits per heavy atom. The Bertz CT molecular complexity index is 1330. The maximum absolute atomic E-state index is 14.0. The SMILES string of the molecule is COC(=O)N[C@H](C(=O)Nc1ccccc1CC[C@H]1CNC(CCCS(C)(=O)=O)CN1)C1(c2ccc(Cl)cc2)CCOCC1. The molecule has 10 nitrogen and oxygen atoms in total. The van der Waals surface area contributed by atoms with Crippen molar-refractivity contribution in [3.05, 3.63) is 64.7 Å². The standard InChI is InChI=1S/C31H43ClN4O6S/c1-41-30(38)36-28(31(15-17-42-18-16-31)23-10-12-24(32)13-11-23)29(37)35-27-8-4-3-6-22(27)9-14-26-21-33-25(20-34-26)7-5-19-43(2,39)40/h3-4,6,8,10-13,25-26,28,33-34H,5,7,9,14-21H2,1-2H3,(H,35,37)(H,36,38)/t25?,26-,28+/m0/s1. The Balaban J connectivity index is 1.44. The fourth-order valence-corrected chi connectivity index (χ4v) is 6.87. The molecule has 2 amide bonds. The monoisotopic (exact) mass is 634 g/mol. The second-order valence-corrected chi connectivity index (χ2v) is 14.2. The van der Waals surface area contributed by atoms with Gasteiger partial charge in [-0.15, -0.1) is 0 Å². The second kappa shape index (κ2) is 15.3. The van der Waals surface area contributed by atoms with Gasteiger partial charge < -0.3 is 30.7 Å². The molecular formula is C31H43ClN4O6S. The van der Waals surface area contributed by atoms with Crippen molar-refractivity contribution in [1.29, 1.82) is 0 Å². The molecule has 0 saturated carbocycles. The molecule has 0 aliphatic carbocycles. The van der Waals surface area contributed by atoms with Gasteiger partial charge in [0.05, 0.1) is 7.11 Å². The summed E-state index contributed by atoms with van der Waals surface area (Å²) in [5.74, 6) is -0.120. The van der Waals surface area contributed by atoms with Crippen molar-refractivity contribution >= 4 is 39.1 Å². The highest BCUT2D eigenvalue weighted by Gasteiger charge is 2.47. The molecule has 0 spiro atoms. The number of amides is 2. The number of halogens is 1. The average Bonchev–Trinajstić information content (AvgIpc) is 3.00. The van der Waals surface area contributed by atoms with Crippen molar-refractivity contribution < 1.29 is 27.5 Å². The zero-order valence-corrected chi connectivity index (χ0v) is 26.4. The molecule has 12 heteroatoms. The number of carbonyl (C=O) groups is 2. The lowest BCUT2D eigenvalue weighted by atomic mass is 9.68. The molecular weight excluding hydrogens is 592 g/mol. The van der Waals surface area contributed by atoms with E-state index < -0.39 is 27.4 Å². The van der Waals surface area contributed by atoms with Gasteiger partial charge in [0, 0.05) is 66.5 Å². The molecule has 3 atom stereocenters. The maximum Gasteiger partial charge on any atom is 0.407 e. The van der Waals surface area contributed by atoms with E-state index >= 15 is 0 Å². The zero-order valence-electron chi connectivity index (χ0n) is 24.9. The Morgan fingerprint density at radius 2 is 1.70 bits per heavy atom. The van der Waals surface area contributed by atoms with Gasteiger partial charge in [0.25, 0.3) is 0 Å². The van der Waals surface area contributed by atoms with Crippen LogP contribution in [0.1, 0.15) is 43.2 Å². The Morgan fingerprint density at radius 1 is 1.05 bits per heavy atom. The quantitative estimate of drug-likeness (QED) is 0.279. The number of benzene rings is 2. The largest absolute Gasteiger partial charge is 0.453 e. The number of nitrogens with one attached hydrogen (secondary N) is 4. The van der Waals surface area contributed by atoms with Gasteiger partial charge in [0.2, 0.25) is 5.91 Å². The molecule has 43 heavy (non-hydrogen) atoms. The highest BCUT2D eigenvalue weighted by Crippen LogP contribution is 2.39. The van der Waals surface area contributed by atoms with E-state index in [1.807, 2.05) is 36.4 Å². The van der Waals surface area contributed by atoms with Crippen LogP contribution in [0.4, 0.5) is 10.5 Å². The fourth-order valence-electron chi connectivity index (χ4n) is 6.05. The van der Waals surface area contributed by atoms with Crippen LogP contribution in [-0.2, 0) is 35.9 Å². The number of anilines is 1. The summed E-state index contributed by atoms with van der Waals surface area (Å²) in [5, 5.41) is 13.6. The molecule has 2 aliphatic heterocycles. The van der Waals surface area contributed by atoms with Crippen LogP contribution in [0.3, 0.4) is 0 Å². The molecule has 1 unspecified atom stereocenters. The molecule has 2 saturated heterocycles. The number of ether oxygens (including phenoxy) is 2. The lowest BCUT2D eigenvalue weighted by Gasteiger charge is -2.43. The number of carbonyl (C=O) groups excluding carboxylic acids is 2. The number of para-hydroxylation sites is 1. The van der Waals surface area contributed by atoms with Crippen LogP contribution >= 0.6 is 11.6 Å². The molecule has 2 heterocycles. The van der Waals surface area contributed by atoms with E-state index in [9.17, 15) is 18.0 Å². The van der Waals surface area contributed by atoms with Gasteiger partial charge in [-0.2, -0.15) is 0 Å². The maximum atomic E-state index is 14.0. The fraction of sp³-hybridized carbons (Fsp3) is 0.548. The molecule has 236 valence electrons. The van der Waals surface area contributed by atoms with Crippen molar-refractivity contribution in [1.82, 2.24) is 16.0 Å². The van der Waals surface area contributed by atoms with Gasteiger partial charge >= 0.3 is 6.09 Å². The van der Waals surface area contributed by atoms with Crippen LogP contribution in [0.25, 0.3) is 0 Å². The molecule has 0 bridgehead atoms. The summed E-state index contributed by atoms with van der Waals surface area (Å²) in [4.78, 5) is 26.6.